The number of benzene rings is 1. The van der Waals surface area contributed by atoms with Crippen LogP contribution >= 0.6 is 0 Å². The number of hydrogen-bond acceptors (Lipinski definition) is 5. The van der Waals surface area contributed by atoms with Crippen LogP contribution in [0.1, 0.15) is 33.2 Å². The van der Waals surface area contributed by atoms with Crippen molar-refractivity contribution in [2.45, 2.75) is 11.6 Å². The molecule has 0 aliphatic rings. The fourth-order valence-electron chi connectivity index (χ4n) is 4.01. The number of halogens is 1. The SMILES string of the molecule is O=C(N[C@H](c1ccc(F)cc1)C(O)(c1cccnc1)c1cccnc1)c1cc2ccccn2n1. The van der Waals surface area contributed by atoms with Crippen molar-refractivity contribution < 1.29 is 14.3 Å². The molecule has 0 spiro atoms. The molecule has 0 fully saturated rings. The number of carbonyl (C=O) groups is 1. The van der Waals surface area contributed by atoms with Crippen LogP contribution in [0.2, 0.25) is 0 Å². The van der Waals surface area contributed by atoms with Crippen molar-refractivity contribution in [2.75, 3.05) is 0 Å². The molecule has 0 aliphatic heterocycles. The van der Waals surface area contributed by atoms with E-state index in [1.165, 1.54) is 36.7 Å². The fraction of sp³-hybridized carbons (Fsp3) is 0.0769. The van der Waals surface area contributed by atoms with Gasteiger partial charge in [0, 0.05) is 42.1 Å². The molecular formula is C26H20FN5O2. The lowest BCUT2D eigenvalue weighted by molar-refractivity contribution is 0.0330. The van der Waals surface area contributed by atoms with Gasteiger partial charge in [0.25, 0.3) is 5.91 Å². The molecule has 1 aromatic carbocycles. The second kappa shape index (κ2) is 8.84. The summed E-state index contributed by atoms with van der Waals surface area (Å²) in [6.07, 6.45) is 7.98. The lowest BCUT2D eigenvalue weighted by atomic mass is 9.78. The minimum Gasteiger partial charge on any atom is -0.378 e. The largest absolute Gasteiger partial charge is 0.378 e. The summed E-state index contributed by atoms with van der Waals surface area (Å²) in [5, 5.41) is 19.5. The van der Waals surface area contributed by atoms with Crippen LogP contribution in [0.4, 0.5) is 4.39 Å². The Labute approximate surface area is 194 Å². The third kappa shape index (κ3) is 3.91. The molecule has 1 atom stereocenters. The van der Waals surface area contributed by atoms with E-state index in [4.69, 9.17) is 0 Å². The molecule has 7 nitrogen and oxygen atoms in total. The Morgan fingerprint density at radius 1 is 0.941 bits per heavy atom. The van der Waals surface area contributed by atoms with E-state index >= 15 is 0 Å². The molecule has 0 saturated carbocycles. The number of amides is 1. The maximum atomic E-state index is 13.8. The summed E-state index contributed by atoms with van der Waals surface area (Å²) in [6, 6.07) is 18.6. The summed E-state index contributed by atoms with van der Waals surface area (Å²) in [6.45, 7) is 0. The highest BCUT2D eigenvalue weighted by atomic mass is 19.1. The van der Waals surface area contributed by atoms with Crippen LogP contribution in [0, 0.1) is 5.82 Å². The Balaban J connectivity index is 1.64. The van der Waals surface area contributed by atoms with Gasteiger partial charge in [-0.05, 0) is 48.0 Å². The Bertz CT molecular complexity index is 1350. The van der Waals surface area contributed by atoms with Gasteiger partial charge in [-0.1, -0.05) is 30.3 Å². The van der Waals surface area contributed by atoms with Crippen molar-refractivity contribution in [2.24, 2.45) is 0 Å². The molecular weight excluding hydrogens is 433 g/mol. The number of aromatic nitrogens is 4. The van der Waals surface area contributed by atoms with Crippen LogP contribution in [0.15, 0.2) is 104 Å². The van der Waals surface area contributed by atoms with Gasteiger partial charge in [-0.25, -0.2) is 8.91 Å². The van der Waals surface area contributed by atoms with Crippen molar-refractivity contribution in [3.63, 3.8) is 0 Å². The van der Waals surface area contributed by atoms with Gasteiger partial charge < -0.3 is 10.4 Å². The molecule has 0 saturated heterocycles. The van der Waals surface area contributed by atoms with Crippen molar-refractivity contribution in [3.8, 4) is 0 Å². The summed E-state index contributed by atoms with van der Waals surface area (Å²) in [5.74, 6) is -0.926. The minimum atomic E-state index is -1.77. The highest BCUT2D eigenvalue weighted by molar-refractivity contribution is 5.94. The van der Waals surface area contributed by atoms with E-state index in [1.54, 1.807) is 53.4 Å². The normalized spacial score (nSPS) is 12.4. The number of nitrogens with zero attached hydrogens (tertiary/aromatic N) is 4. The standard InChI is InChI=1S/C26H20FN5O2/c27-21-10-8-18(9-11-21)24(30-25(33)23-15-22-7-1-2-14-32(22)31-23)26(34,19-5-3-12-28-16-19)20-6-4-13-29-17-20/h1-17,24,34H,(H,30,33)/t24-/m1/s1. The van der Waals surface area contributed by atoms with Crippen LogP contribution < -0.4 is 5.32 Å². The van der Waals surface area contributed by atoms with Gasteiger partial charge in [0.2, 0.25) is 0 Å². The van der Waals surface area contributed by atoms with Gasteiger partial charge in [0.15, 0.2) is 5.69 Å². The van der Waals surface area contributed by atoms with E-state index in [2.05, 4.69) is 20.4 Å². The Morgan fingerprint density at radius 2 is 1.62 bits per heavy atom. The number of fused-ring (bicyclic) bond motifs is 1. The van der Waals surface area contributed by atoms with Crippen LogP contribution in [-0.4, -0.2) is 30.6 Å². The molecule has 4 aromatic heterocycles. The van der Waals surface area contributed by atoms with Gasteiger partial charge in [-0.2, -0.15) is 5.10 Å². The van der Waals surface area contributed by atoms with Crippen molar-refractivity contribution in [1.82, 2.24) is 24.9 Å². The smallest absolute Gasteiger partial charge is 0.272 e. The van der Waals surface area contributed by atoms with Crippen molar-refractivity contribution >= 4 is 11.4 Å². The van der Waals surface area contributed by atoms with Gasteiger partial charge in [0.05, 0.1) is 11.6 Å². The van der Waals surface area contributed by atoms with E-state index in [0.29, 0.717) is 16.7 Å². The number of carbonyl (C=O) groups excluding carboxylic acids is 1. The van der Waals surface area contributed by atoms with Gasteiger partial charge in [0.1, 0.15) is 11.4 Å². The third-order valence-electron chi connectivity index (χ3n) is 5.70. The van der Waals surface area contributed by atoms with E-state index < -0.39 is 23.4 Å². The van der Waals surface area contributed by atoms with Gasteiger partial charge in [-0.15, -0.1) is 0 Å². The predicted octanol–water partition coefficient (Wildman–Crippen LogP) is 3.67. The second-order valence-electron chi connectivity index (χ2n) is 7.81. The number of rotatable bonds is 6. The van der Waals surface area contributed by atoms with Crippen molar-refractivity contribution in [3.05, 3.63) is 132 Å². The first kappa shape index (κ1) is 21.4. The lowest BCUT2D eigenvalue weighted by Crippen LogP contribution is -2.45. The summed E-state index contributed by atoms with van der Waals surface area (Å²) >= 11 is 0. The van der Waals surface area contributed by atoms with E-state index in [-0.39, 0.29) is 5.69 Å². The number of nitrogens with one attached hydrogen (secondary N) is 1. The van der Waals surface area contributed by atoms with E-state index in [1.807, 2.05) is 18.2 Å². The molecule has 0 unspecified atom stereocenters. The Kier molecular flexibility index (Phi) is 5.57. The summed E-state index contributed by atoms with van der Waals surface area (Å²) in [7, 11) is 0. The molecule has 0 radical (unpaired) electrons. The molecule has 0 bridgehead atoms. The minimum absolute atomic E-state index is 0.179. The van der Waals surface area contributed by atoms with Crippen LogP contribution in [0.3, 0.4) is 0 Å². The average Bonchev–Trinajstić information content (AvgIpc) is 3.33. The molecule has 5 aromatic rings. The number of hydrogen-bond donors (Lipinski definition) is 2. The van der Waals surface area contributed by atoms with Crippen LogP contribution in [0.5, 0.6) is 0 Å². The van der Waals surface area contributed by atoms with Crippen LogP contribution in [-0.2, 0) is 5.60 Å². The number of aliphatic hydroxyl groups is 1. The molecule has 8 heteroatoms. The molecule has 0 aliphatic carbocycles. The summed E-state index contributed by atoms with van der Waals surface area (Å²) in [4.78, 5) is 21.7. The molecule has 168 valence electrons. The lowest BCUT2D eigenvalue weighted by Gasteiger charge is -2.37. The van der Waals surface area contributed by atoms with Crippen LogP contribution in [0.25, 0.3) is 5.52 Å². The number of pyridine rings is 3. The molecule has 4 heterocycles. The zero-order valence-electron chi connectivity index (χ0n) is 17.9. The molecule has 1 amide bonds. The second-order valence-corrected chi connectivity index (χ2v) is 7.81. The third-order valence-corrected chi connectivity index (χ3v) is 5.70. The van der Waals surface area contributed by atoms with Gasteiger partial charge >= 0.3 is 0 Å². The first-order valence-corrected chi connectivity index (χ1v) is 10.6. The molecule has 34 heavy (non-hydrogen) atoms. The monoisotopic (exact) mass is 453 g/mol. The molecule has 5 rings (SSSR count). The van der Waals surface area contributed by atoms with E-state index in [0.717, 1.165) is 5.52 Å². The Hall–Kier alpha value is -4.43. The first-order chi connectivity index (χ1) is 16.6. The zero-order chi connectivity index (χ0) is 23.5. The maximum Gasteiger partial charge on any atom is 0.272 e. The zero-order valence-corrected chi connectivity index (χ0v) is 17.9. The Morgan fingerprint density at radius 3 is 2.21 bits per heavy atom. The molecule has 2 N–H and O–H groups in total. The maximum absolute atomic E-state index is 13.8. The highest BCUT2D eigenvalue weighted by Gasteiger charge is 2.43. The topological polar surface area (TPSA) is 92.4 Å². The highest BCUT2D eigenvalue weighted by Crippen LogP contribution is 2.40. The average molecular weight is 453 g/mol. The fourth-order valence-corrected chi connectivity index (χ4v) is 4.01. The quantitative estimate of drug-likeness (QED) is 0.409. The summed E-state index contributed by atoms with van der Waals surface area (Å²) in [5.41, 5.74) is 0.530. The first-order valence-electron chi connectivity index (χ1n) is 10.6. The summed E-state index contributed by atoms with van der Waals surface area (Å²) < 4.78 is 15.3. The van der Waals surface area contributed by atoms with E-state index in [9.17, 15) is 14.3 Å². The van der Waals surface area contributed by atoms with Crippen molar-refractivity contribution in [1.29, 1.82) is 0 Å². The van der Waals surface area contributed by atoms with Gasteiger partial charge in [-0.3, -0.25) is 14.8 Å². The predicted molar refractivity (Wildman–Crippen MR) is 123 cm³/mol.